The van der Waals surface area contributed by atoms with Crippen molar-refractivity contribution in [2.45, 2.75) is 33.1 Å². The number of aromatic nitrogens is 2. The number of carbonyl (C=O) groups is 2. The van der Waals surface area contributed by atoms with Crippen LogP contribution < -0.4 is 10.6 Å². The molecule has 0 bridgehead atoms. The van der Waals surface area contributed by atoms with Gasteiger partial charge in [-0.15, -0.1) is 11.3 Å². The van der Waals surface area contributed by atoms with Crippen LogP contribution in [0, 0.1) is 19.8 Å². The van der Waals surface area contributed by atoms with Gasteiger partial charge >= 0.3 is 0 Å². The third-order valence-electron chi connectivity index (χ3n) is 5.65. The Balaban J connectivity index is 1.23. The molecule has 1 aliphatic rings. The normalized spacial score (nSPS) is 15.6. The van der Waals surface area contributed by atoms with E-state index in [0.29, 0.717) is 13.1 Å². The molecule has 3 aromatic rings. The summed E-state index contributed by atoms with van der Waals surface area (Å²) in [6, 6.07) is 13.7. The van der Waals surface area contributed by atoms with Gasteiger partial charge in [0, 0.05) is 60.1 Å². The van der Waals surface area contributed by atoms with E-state index in [-0.39, 0.29) is 24.2 Å². The number of anilines is 2. The van der Waals surface area contributed by atoms with Crippen LogP contribution >= 0.6 is 11.3 Å². The van der Waals surface area contributed by atoms with Gasteiger partial charge in [-0.1, -0.05) is 6.07 Å². The van der Waals surface area contributed by atoms with Crippen LogP contribution in [0.25, 0.3) is 0 Å². The maximum absolute atomic E-state index is 12.7. The van der Waals surface area contributed by atoms with Crippen LogP contribution in [-0.2, 0) is 22.4 Å². The fourth-order valence-corrected chi connectivity index (χ4v) is 4.71. The average molecular weight is 464 g/mol. The molecule has 2 aromatic heterocycles. The molecule has 8 heteroatoms. The summed E-state index contributed by atoms with van der Waals surface area (Å²) in [6.45, 7) is 5.82. The first-order chi connectivity index (χ1) is 16.0. The van der Waals surface area contributed by atoms with Crippen molar-refractivity contribution in [3.05, 3.63) is 69.9 Å². The molecule has 2 amide bonds. The number of hydrogen-bond donors (Lipinski definition) is 2. The fourth-order valence-electron chi connectivity index (χ4n) is 4.01. The predicted octanol–water partition coefficient (Wildman–Crippen LogP) is 3.84. The average Bonchev–Trinajstić information content (AvgIpc) is 3.42. The summed E-state index contributed by atoms with van der Waals surface area (Å²) in [4.78, 5) is 37.0. The molecule has 3 heterocycles. The molecule has 1 unspecified atom stereocenters. The fraction of sp³-hybridized carbons (Fsp3) is 0.360. The van der Waals surface area contributed by atoms with E-state index in [1.165, 1.54) is 4.88 Å². The van der Waals surface area contributed by atoms with Gasteiger partial charge < -0.3 is 15.5 Å². The predicted molar refractivity (Wildman–Crippen MR) is 131 cm³/mol. The van der Waals surface area contributed by atoms with Crippen molar-refractivity contribution in [1.82, 2.24) is 14.9 Å². The number of hydrogen-bond acceptors (Lipinski definition) is 6. The van der Waals surface area contributed by atoms with Crippen molar-refractivity contribution in [2.24, 2.45) is 5.92 Å². The second-order valence-corrected chi connectivity index (χ2v) is 9.41. The SMILES string of the molecule is Cc1cc(C)nc(CCNc2ccc(NC(=O)C3CC(=O)N(CCc4cccs4)C3)cc2)n1. The summed E-state index contributed by atoms with van der Waals surface area (Å²) in [6.07, 6.45) is 1.85. The lowest BCUT2D eigenvalue weighted by Gasteiger charge is -2.16. The van der Waals surface area contributed by atoms with Gasteiger partial charge in [-0.2, -0.15) is 0 Å². The monoisotopic (exact) mass is 463 g/mol. The topological polar surface area (TPSA) is 87.2 Å². The molecule has 0 radical (unpaired) electrons. The van der Waals surface area contributed by atoms with Crippen molar-refractivity contribution < 1.29 is 9.59 Å². The number of benzene rings is 1. The second kappa shape index (κ2) is 10.6. The van der Waals surface area contributed by atoms with Crippen LogP contribution in [0.4, 0.5) is 11.4 Å². The maximum atomic E-state index is 12.7. The molecule has 1 aromatic carbocycles. The summed E-state index contributed by atoms with van der Waals surface area (Å²) in [5.41, 5.74) is 3.65. The lowest BCUT2D eigenvalue weighted by Crippen LogP contribution is -2.29. The molecule has 2 N–H and O–H groups in total. The first-order valence-corrected chi connectivity index (χ1v) is 12.1. The van der Waals surface area contributed by atoms with E-state index < -0.39 is 0 Å². The van der Waals surface area contributed by atoms with Crippen molar-refractivity contribution in [1.29, 1.82) is 0 Å². The van der Waals surface area contributed by atoms with E-state index in [0.717, 1.165) is 48.0 Å². The Morgan fingerprint density at radius 2 is 1.82 bits per heavy atom. The summed E-state index contributed by atoms with van der Waals surface area (Å²) in [5, 5.41) is 8.35. The molecule has 1 fully saturated rings. The van der Waals surface area contributed by atoms with Gasteiger partial charge in [0.2, 0.25) is 11.8 Å². The highest BCUT2D eigenvalue weighted by Crippen LogP contribution is 2.22. The Hall–Kier alpha value is -3.26. The molecule has 172 valence electrons. The largest absolute Gasteiger partial charge is 0.385 e. The highest BCUT2D eigenvalue weighted by atomic mass is 32.1. The standard InChI is InChI=1S/C25H29N5O2S/c1-17-14-18(2)28-23(27-17)9-11-26-20-5-7-21(8-6-20)29-25(32)19-15-24(31)30(16-19)12-10-22-4-3-13-33-22/h3-8,13-14,19,26H,9-12,15-16H2,1-2H3,(H,29,32). The van der Waals surface area contributed by atoms with Gasteiger partial charge in [0.15, 0.2) is 0 Å². The Morgan fingerprint density at radius 1 is 1.09 bits per heavy atom. The van der Waals surface area contributed by atoms with Crippen LogP contribution in [0.1, 0.15) is 28.5 Å². The molecule has 7 nitrogen and oxygen atoms in total. The Kier molecular flexibility index (Phi) is 7.34. The Morgan fingerprint density at radius 3 is 2.52 bits per heavy atom. The molecule has 1 atom stereocenters. The van der Waals surface area contributed by atoms with E-state index in [1.807, 2.05) is 55.6 Å². The number of likely N-dealkylation sites (tertiary alicyclic amines) is 1. The van der Waals surface area contributed by atoms with Crippen molar-refractivity contribution in [3.8, 4) is 0 Å². The third kappa shape index (κ3) is 6.38. The minimum atomic E-state index is -0.309. The zero-order valence-electron chi connectivity index (χ0n) is 19.0. The van der Waals surface area contributed by atoms with Crippen LogP contribution in [-0.4, -0.2) is 46.3 Å². The molecule has 0 saturated carbocycles. The lowest BCUT2D eigenvalue weighted by molar-refractivity contribution is -0.128. The van der Waals surface area contributed by atoms with Crippen molar-refractivity contribution >= 4 is 34.5 Å². The Labute approximate surface area is 198 Å². The molecule has 33 heavy (non-hydrogen) atoms. The van der Waals surface area contributed by atoms with E-state index in [4.69, 9.17) is 0 Å². The van der Waals surface area contributed by atoms with Crippen LogP contribution in [0.2, 0.25) is 0 Å². The number of nitrogens with one attached hydrogen (secondary N) is 2. The van der Waals surface area contributed by atoms with Gasteiger partial charge in [-0.25, -0.2) is 9.97 Å². The highest BCUT2D eigenvalue weighted by molar-refractivity contribution is 7.09. The number of thiophene rings is 1. The minimum absolute atomic E-state index is 0.0547. The molecule has 1 saturated heterocycles. The Bertz CT molecular complexity index is 1080. The number of rotatable bonds is 9. The number of amides is 2. The van der Waals surface area contributed by atoms with Crippen molar-refractivity contribution in [3.63, 3.8) is 0 Å². The summed E-state index contributed by atoms with van der Waals surface area (Å²) in [5.74, 6) is 0.476. The van der Waals surface area contributed by atoms with Crippen LogP contribution in [0.3, 0.4) is 0 Å². The molecular formula is C25H29N5O2S. The molecule has 4 rings (SSSR count). The van der Waals surface area contributed by atoms with Crippen LogP contribution in [0.15, 0.2) is 47.8 Å². The smallest absolute Gasteiger partial charge is 0.229 e. The van der Waals surface area contributed by atoms with E-state index in [2.05, 4.69) is 26.7 Å². The van der Waals surface area contributed by atoms with Gasteiger partial charge in [0.1, 0.15) is 5.82 Å². The van der Waals surface area contributed by atoms with E-state index in [1.54, 1.807) is 16.2 Å². The molecule has 1 aliphatic heterocycles. The number of carbonyl (C=O) groups excluding carboxylic acids is 2. The first kappa shape index (κ1) is 22.9. The zero-order chi connectivity index (χ0) is 23.2. The third-order valence-corrected chi connectivity index (χ3v) is 6.59. The van der Waals surface area contributed by atoms with E-state index >= 15 is 0 Å². The molecule has 0 aliphatic carbocycles. The maximum Gasteiger partial charge on any atom is 0.229 e. The second-order valence-electron chi connectivity index (χ2n) is 8.38. The number of aryl methyl sites for hydroxylation is 2. The van der Waals surface area contributed by atoms with Crippen LogP contribution in [0.5, 0.6) is 0 Å². The molecular weight excluding hydrogens is 434 g/mol. The summed E-state index contributed by atoms with van der Waals surface area (Å²) < 4.78 is 0. The van der Waals surface area contributed by atoms with Gasteiger partial charge in [0.05, 0.1) is 5.92 Å². The van der Waals surface area contributed by atoms with Crippen molar-refractivity contribution in [2.75, 3.05) is 30.3 Å². The highest BCUT2D eigenvalue weighted by Gasteiger charge is 2.34. The van der Waals surface area contributed by atoms with Gasteiger partial charge in [0.25, 0.3) is 0 Å². The number of nitrogens with zero attached hydrogens (tertiary/aromatic N) is 3. The summed E-state index contributed by atoms with van der Waals surface area (Å²) in [7, 11) is 0. The quantitative estimate of drug-likeness (QED) is 0.504. The lowest BCUT2D eigenvalue weighted by atomic mass is 10.1. The van der Waals surface area contributed by atoms with E-state index in [9.17, 15) is 9.59 Å². The van der Waals surface area contributed by atoms with Gasteiger partial charge in [-0.05, 0) is 62.0 Å². The summed E-state index contributed by atoms with van der Waals surface area (Å²) >= 11 is 1.69. The molecule has 0 spiro atoms. The minimum Gasteiger partial charge on any atom is -0.385 e. The zero-order valence-corrected chi connectivity index (χ0v) is 19.8. The first-order valence-electron chi connectivity index (χ1n) is 11.2. The van der Waals surface area contributed by atoms with Gasteiger partial charge in [-0.3, -0.25) is 9.59 Å².